The zero-order valence-electron chi connectivity index (χ0n) is 10.0. The zero-order valence-corrected chi connectivity index (χ0v) is 12.4. The average molecular weight is 343 g/mol. The van der Waals surface area contributed by atoms with Crippen LogP contribution in [0.2, 0.25) is 0 Å². The summed E-state index contributed by atoms with van der Waals surface area (Å²) in [7, 11) is 1.60. The number of hydrogen-bond donors (Lipinski definition) is 2. The molecule has 8 heteroatoms. The standard InChI is InChI=1S/C11H11BrN4O2S/c1-16-10(18)14-15-11(16)19-6-9(17)13-8-4-2-7(12)3-5-8/h2-5H,6H2,1H3,(H,13,17)(H,14,18). The van der Waals surface area contributed by atoms with Gasteiger partial charge >= 0.3 is 5.69 Å². The van der Waals surface area contributed by atoms with Gasteiger partial charge in [0.1, 0.15) is 0 Å². The fourth-order valence-corrected chi connectivity index (χ4v) is 2.31. The minimum atomic E-state index is -0.296. The summed E-state index contributed by atoms with van der Waals surface area (Å²) in [4.78, 5) is 22.9. The molecule has 2 N–H and O–H groups in total. The van der Waals surface area contributed by atoms with Crippen molar-refractivity contribution in [1.29, 1.82) is 0 Å². The van der Waals surface area contributed by atoms with E-state index in [4.69, 9.17) is 0 Å². The van der Waals surface area contributed by atoms with Crippen LogP contribution in [0.4, 0.5) is 5.69 Å². The first-order chi connectivity index (χ1) is 9.06. The predicted octanol–water partition coefficient (Wildman–Crippen LogP) is 1.60. The van der Waals surface area contributed by atoms with Crippen LogP contribution in [0.1, 0.15) is 0 Å². The maximum absolute atomic E-state index is 11.7. The van der Waals surface area contributed by atoms with Crippen molar-refractivity contribution in [3.63, 3.8) is 0 Å². The quantitative estimate of drug-likeness (QED) is 0.827. The van der Waals surface area contributed by atoms with Crippen molar-refractivity contribution in [2.75, 3.05) is 11.1 Å². The highest BCUT2D eigenvalue weighted by Crippen LogP contribution is 2.16. The Bertz CT molecular complexity index is 635. The smallest absolute Gasteiger partial charge is 0.325 e. The van der Waals surface area contributed by atoms with Crippen molar-refractivity contribution in [2.24, 2.45) is 7.05 Å². The van der Waals surface area contributed by atoms with Gasteiger partial charge in [-0.25, -0.2) is 9.89 Å². The largest absolute Gasteiger partial charge is 0.343 e. The van der Waals surface area contributed by atoms with Crippen molar-refractivity contribution in [3.05, 3.63) is 39.2 Å². The molecule has 0 bridgehead atoms. The van der Waals surface area contributed by atoms with Crippen LogP contribution in [-0.2, 0) is 11.8 Å². The number of hydrogen-bond acceptors (Lipinski definition) is 4. The highest BCUT2D eigenvalue weighted by atomic mass is 79.9. The Morgan fingerprint density at radius 3 is 2.74 bits per heavy atom. The van der Waals surface area contributed by atoms with Crippen LogP contribution < -0.4 is 11.0 Å². The molecule has 0 atom stereocenters. The van der Waals surface area contributed by atoms with E-state index < -0.39 is 0 Å². The Kier molecular flexibility index (Phi) is 4.43. The third-order valence-corrected chi connectivity index (χ3v) is 3.86. The number of halogens is 1. The van der Waals surface area contributed by atoms with Gasteiger partial charge in [-0.1, -0.05) is 27.7 Å². The zero-order chi connectivity index (χ0) is 13.8. The van der Waals surface area contributed by atoms with Gasteiger partial charge in [0.25, 0.3) is 0 Å². The molecule has 2 aromatic rings. The molecule has 100 valence electrons. The van der Waals surface area contributed by atoms with Gasteiger partial charge in [0, 0.05) is 17.2 Å². The van der Waals surface area contributed by atoms with Gasteiger partial charge in [0.2, 0.25) is 5.91 Å². The first-order valence-corrected chi connectivity index (χ1v) is 7.14. The second kappa shape index (κ2) is 6.07. The normalized spacial score (nSPS) is 10.4. The molecule has 19 heavy (non-hydrogen) atoms. The third kappa shape index (κ3) is 3.71. The molecule has 1 amide bonds. The molecule has 0 aliphatic rings. The number of anilines is 1. The summed E-state index contributed by atoms with van der Waals surface area (Å²) in [5, 5.41) is 9.37. The lowest BCUT2D eigenvalue weighted by Crippen LogP contribution is -2.16. The molecule has 0 fully saturated rings. The first kappa shape index (κ1) is 13.9. The highest BCUT2D eigenvalue weighted by Gasteiger charge is 2.08. The minimum absolute atomic E-state index is 0.150. The summed E-state index contributed by atoms with van der Waals surface area (Å²) in [6.45, 7) is 0. The Balaban J connectivity index is 1.90. The molecular formula is C11H11BrN4O2S. The lowest BCUT2D eigenvalue weighted by molar-refractivity contribution is -0.113. The average Bonchev–Trinajstić information content (AvgIpc) is 2.70. The molecule has 0 radical (unpaired) electrons. The van der Waals surface area contributed by atoms with Crippen LogP contribution in [0.3, 0.4) is 0 Å². The number of rotatable bonds is 4. The first-order valence-electron chi connectivity index (χ1n) is 5.36. The van der Waals surface area contributed by atoms with Gasteiger partial charge in [0.15, 0.2) is 5.16 Å². The maximum Gasteiger partial charge on any atom is 0.343 e. The Morgan fingerprint density at radius 1 is 1.47 bits per heavy atom. The van der Waals surface area contributed by atoms with E-state index in [2.05, 4.69) is 31.4 Å². The highest BCUT2D eigenvalue weighted by molar-refractivity contribution is 9.10. The van der Waals surface area contributed by atoms with E-state index >= 15 is 0 Å². The van der Waals surface area contributed by atoms with Crippen LogP contribution in [0.5, 0.6) is 0 Å². The number of carbonyl (C=O) groups is 1. The number of nitrogens with one attached hydrogen (secondary N) is 2. The maximum atomic E-state index is 11.7. The number of thioether (sulfide) groups is 1. The number of aromatic nitrogens is 3. The van der Waals surface area contributed by atoms with E-state index in [-0.39, 0.29) is 17.3 Å². The van der Waals surface area contributed by atoms with Gasteiger partial charge in [0.05, 0.1) is 5.75 Å². The molecule has 1 aromatic heterocycles. The third-order valence-electron chi connectivity index (χ3n) is 2.30. The van der Waals surface area contributed by atoms with Gasteiger partial charge in [-0.05, 0) is 24.3 Å². The Labute approximate surface area is 121 Å². The summed E-state index contributed by atoms with van der Waals surface area (Å²) in [5.41, 5.74) is 0.431. The number of H-pyrrole nitrogens is 1. The van der Waals surface area contributed by atoms with Gasteiger partial charge in [-0.2, -0.15) is 0 Å². The molecular weight excluding hydrogens is 332 g/mol. The fraction of sp³-hybridized carbons (Fsp3) is 0.182. The molecule has 0 spiro atoms. The molecule has 6 nitrogen and oxygen atoms in total. The summed E-state index contributed by atoms with van der Waals surface area (Å²) in [6, 6.07) is 7.30. The SMILES string of the molecule is Cn1c(SCC(=O)Nc2ccc(Br)cc2)n[nH]c1=O. The van der Waals surface area contributed by atoms with Crippen LogP contribution in [0, 0.1) is 0 Å². The van der Waals surface area contributed by atoms with E-state index in [9.17, 15) is 9.59 Å². The van der Waals surface area contributed by atoms with E-state index in [0.29, 0.717) is 5.16 Å². The predicted molar refractivity (Wildman–Crippen MR) is 77.3 cm³/mol. The molecule has 0 unspecified atom stereocenters. The molecule has 2 rings (SSSR count). The second-order valence-corrected chi connectivity index (χ2v) is 5.57. The van der Waals surface area contributed by atoms with Crippen LogP contribution >= 0.6 is 27.7 Å². The number of benzene rings is 1. The number of aromatic amines is 1. The monoisotopic (exact) mass is 342 g/mol. The summed E-state index contributed by atoms with van der Waals surface area (Å²) >= 11 is 4.52. The Hall–Kier alpha value is -1.54. The van der Waals surface area contributed by atoms with Crippen LogP contribution in [-0.4, -0.2) is 26.4 Å². The summed E-state index contributed by atoms with van der Waals surface area (Å²) in [5.74, 6) is 0.0385. The van der Waals surface area contributed by atoms with Crippen LogP contribution in [0.25, 0.3) is 0 Å². The molecule has 1 heterocycles. The molecule has 1 aromatic carbocycles. The van der Waals surface area contributed by atoms with E-state index in [1.54, 1.807) is 19.2 Å². The molecule has 0 saturated heterocycles. The molecule has 0 aliphatic carbocycles. The summed E-state index contributed by atoms with van der Waals surface area (Å²) in [6.07, 6.45) is 0. The molecule has 0 saturated carbocycles. The van der Waals surface area contributed by atoms with Crippen molar-refractivity contribution in [2.45, 2.75) is 5.16 Å². The summed E-state index contributed by atoms with van der Waals surface area (Å²) < 4.78 is 2.31. The van der Waals surface area contributed by atoms with Crippen molar-refractivity contribution in [3.8, 4) is 0 Å². The number of amides is 1. The number of carbonyl (C=O) groups excluding carboxylic acids is 1. The van der Waals surface area contributed by atoms with Crippen LogP contribution in [0.15, 0.2) is 38.7 Å². The van der Waals surface area contributed by atoms with E-state index in [1.807, 2.05) is 12.1 Å². The van der Waals surface area contributed by atoms with Gasteiger partial charge < -0.3 is 5.32 Å². The lowest BCUT2D eigenvalue weighted by atomic mass is 10.3. The van der Waals surface area contributed by atoms with Crippen molar-refractivity contribution < 1.29 is 4.79 Å². The van der Waals surface area contributed by atoms with Gasteiger partial charge in [-0.3, -0.25) is 9.36 Å². The van der Waals surface area contributed by atoms with Crippen molar-refractivity contribution >= 4 is 39.3 Å². The topological polar surface area (TPSA) is 79.8 Å². The van der Waals surface area contributed by atoms with Gasteiger partial charge in [-0.15, -0.1) is 5.10 Å². The fourth-order valence-electron chi connectivity index (χ4n) is 1.32. The lowest BCUT2D eigenvalue weighted by Gasteiger charge is -2.04. The minimum Gasteiger partial charge on any atom is -0.325 e. The molecule has 0 aliphatic heterocycles. The van der Waals surface area contributed by atoms with E-state index in [1.165, 1.54) is 16.3 Å². The second-order valence-electron chi connectivity index (χ2n) is 3.71. The van der Waals surface area contributed by atoms with E-state index in [0.717, 1.165) is 10.2 Å². The van der Waals surface area contributed by atoms with Crippen molar-refractivity contribution in [1.82, 2.24) is 14.8 Å². The Morgan fingerprint density at radius 2 is 2.16 bits per heavy atom. The number of nitrogens with zero attached hydrogens (tertiary/aromatic N) is 2.